The minimum absolute atomic E-state index is 0.179. The van der Waals surface area contributed by atoms with Crippen LogP contribution in [0.25, 0.3) is 0 Å². The van der Waals surface area contributed by atoms with Crippen molar-refractivity contribution in [2.75, 3.05) is 13.6 Å². The van der Waals surface area contributed by atoms with Crippen LogP contribution >= 0.6 is 0 Å². The molecule has 17 heavy (non-hydrogen) atoms. The van der Waals surface area contributed by atoms with Gasteiger partial charge in [0.05, 0.1) is 18.3 Å². The summed E-state index contributed by atoms with van der Waals surface area (Å²) in [5, 5.41) is 10.5. The van der Waals surface area contributed by atoms with E-state index in [-0.39, 0.29) is 13.1 Å². The van der Waals surface area contributed by atoms with Gasteiger partial charge in [-0.2, -0.15) is 5.26 Å². The highest BCUT2D eigenvalue weighted by atomic mass is 16.2. The van der Waals surface area contributed by atoms with E-state index in [2.05, 4.69) is 10.3 Å². The Kier molecular flexibility index (Phi) is 4.63. The Balaban J connectivity index is 2.53. The molecule has 0 saturated carbocycles. The van der Waals surface area contributed by atoms with Gasteiger partial charge < -0.3 is 10.2 Å². The van der Waals surface area contributed by atoms with Gasteiger partial charge in [0.2, 0.25) is 0 Å². The molecule has 0 radical (unpaired) electrons. The number of hydrogen-bond acceptors (Lipinski definition) is 4. The standard InChI is InChI=1S/C11H12N4O2/c1-15(8-9-4-2-3-6-13-9)11(17)10(16)14-7-5-12/h2-4,6H,7-8H2,1H3,(H,14,16). The lowest BCUT2D eigenvalue weighted by molar-refractivity contribution is -0.145. The Morgan fingerprint density at radius 2 is 2.29 bits per heavy atom. The maximum atomic E-state index is 11.5. The summed E-state index contributed by atoms with van der Waals surface area (Å²) in [6.07, 6.45) is 1.61. The van der Waals surface area contributed by atoms with Crippen LogP contribution in [0.15, 0.2) is 24.4 Å². The van der Waals surface area contributed by atoms with Crippen LogP contribution in [-0.2, 0) is 16.1 Å². The molecule has 0 aliphatic heterocycles. The SMILES string of the molecule is CN(Cc1ccccn1)C(=O)C(=O)NCC#N. The molecule has 0 bridgehead atoms. The van der Waals surface area contributed by atoms with E-state index < -0.39 is 11.8 Å². The number of nitrogens with one attached hydrogen (secondary N) is 1. The van der Waals surface area contributed by atoms with Gasteiger partial charge in [0, 0.05) is 13.2 Å². The van der Waals surface area contributed by atoms with Crippen LogP contribution in [0.1, 0.15) is 5.69 Å². The summed E-state index contributed by atoms with van der Waals surface area (Å²) in [5.41, 5.74) is 0.691. The predicted octanol–water partition coefficient (Wildman–Crippen LogP) is -0.320. The van der Waals surface area contributed by atoms with Crippen molar-refractivity contribution in [3.63, 3.8) is 0 Å². The van der Waals surface area contributed by atoms with Crippen molar-refractivity contribution < 1.29 is 9.59 Å². The molecule has 6 nitrogen and oxygen atoms in total. The molecule has 1 aromatic heterocycles. The van der Waals surface area contributed by atoms with Crippen LogP contribution < -0.4 is 5.32 Å². The molecule has 1 rings (SSSR count). The lowest BCUT2D eigenvalue weighted by Gasteiger charge is -2.15. The Bertz CT molecular complexity index is 439. The number of carbonyl (C=O) groups is 2. The molecule has 1 aromatic rings. The average molecular weight is 232 g/mol. The number of hydrogen-bond donors (Lipinski definition) is 1. The Morgan fingerprint density at radius 1 is 1.53 bits per heavy atom. The van der Waals surface area contributed by atoms with E-state index in [4.69, 9.17) is 5.26 Å². The first-order valence-corrected chi connectivity index (χ1v) is 4.95. The van der Waals surface area contributed by atoms with Crippen LogP contribution in [0, 0.1) is 11.3 Å². The van der Waals surface area contributed by atoms with Gasteiger partial charge >= 0.3 is 11.8 Å². The number of rotatable bonds is 3. The number of aromatic nitrogens is 1. The van der Waals surface area contributed by atoms with Gasteiger partial charge in [-0.05, 0) is 12.1 Å². The maximum absolute atomic E-state index is 11.5. The number of nitrogens with zero attached hydrogens (tertiary/aromatic N) is 3. The Morgan fingerprint density at radius 3 is 2.88 bits per heavy atom. The third-order valence-corrected chi connectivity index (χ3v) is 1.99. The highest BCUT2D eigenvalue weighted by Crippen LogP contribution is 1.98. The topological polar surface area (TPSA) is 86.1 Å². The van der Waals surface area contributed by atoms with Crippen molar-refractivity contribution in [3.8, 4) is 6.07 Å². The lowest BCUT2D eigenvalue weighted by atomic mass is 10.3. The second kappa shape index (κ2) is 6.23. The van der Waals surface area contributed by atoms with Gasteiger partial charge in [-0.1, -0.05) is 6.07 Å². The average Bonchev–Trinajstić information content (AvgIpc) is 2.36. The summed E-state index contributed by atoms with van der Waals surface area (Å²) in [4.78, 5) is 28.1. The molecular formula is C11H12N4O2. The molecule has 88 valence electrons. The van der Waals surface area contributed by atoms with Crippen molar-refractivity contribution in [2.24, 2.45) is 0 Å². The zero-order valence-corrected chi connectivity index (χ0v) is 9.38. The molecule has 1 heterocycles. The molecule has 0 aromatic carbocycles. The van der Waals surface area contributed by atoms with Gasteiger partial charge in [0.25, 0.3) is 0 Å². The summed E-state index contributed by atoms with van der Waals surface area (Å²) in [7, 11) is 1.50. The van der Waals surface area contributed by atoms with Crippen molar-refractivity contribution in [3.05, 3.63) is 30.1 Å². The highest BCUT2D eigenvalue weighted by molar-refractivity contribution is 6.34. The number of likely N-dealkylation sites (N-methyl/N-ethyl adjacent to an activating group) is 1. The van der Waals surface area contributed by atoms with E-state index in [1.807, 2.05) is 0 Å². The fraction of sp³-hybridized carbons (Fsp3) is 0.273. The molecule has 2 amide bonds. The largest absolute Gasteiger partial charge is 0.335 e. The smallest absolute Gasteiger partial charge is 0.312 e. The molecule has 0 spiro atoms. The quantitative estimate of drug-likeness (QED) is 0.571. The Hall–Kier alpha value is -2.42. The molecule has 0 saturated heterocycles. The first kappa shape index (κ1) is 12.6. The number of nitriles is 1. The minimum atomic E-state index is -0.787. The van der Waals surface area contributed by atoms with Gasteiger partial charge in [-0.25, -0.2) is 0 Å². The number of amides is 2. The predicted molar refractivity (Wildman–Crippen MR) is 59.3 cm³/mol. The molecule has 1 N–H and O–H groups in total. The first-order chi connectivity index (χ1) is 8.15. The Labute approximate surface area is 98.9 Å². The van der Waals surface area contributed by atoms with E-state index in [1.54, 1.807) is 30.5 Å². The number of carbonyl (C=O) groups excluding carboxylic acids is 2. The van der Waals surface area contributed by atoms with Crippen LogP contribution in [0.2, 0.25) is 0 Å². The summed E-state index contributed by atoms with van der Waals surface area (Å²) in [6, 6.07) is 7.06. The third kappa shape index (κ3) is 3.91. The molecule has 0 aliphatic carbocycles. The van der Waals surface area contributed by atoms with Gasteiger partial charge in [-0.15, -0.1) is 0 Å². The molecule has 0 fully saturated rings. The monoisotopic (exact) mass is 232 g/mol. The van der Waals surface area contributed by atoms with Crippen molar-refractivity contribution >= 4 is 11.8 Å². The van der Waals surface area contributed by atoms with Crippen molar-refractivity contribution in [1.82, 2.24) is 15.2 Å². The normalized spacial score (nSPS) is 9.18. The second-order valence-electron chi connectivity index (χ2n) is 3.32. The van der Waals surface area contributed by atoms with E-state index in [0.717, 1.165) is 0 Å². The number of pyridine rings is 1. The van der Waals surface area contributed by atoms with Crippen LogP contribution in [0.3, 0.4) is 0 Å². The van der Waals surface area contributed by atoms with E-state index in [9.17, 15) is 9.59 Å². The molecule has 0 aliphatic rings. The van der Waals surface area contributed by atoms with Gasteiger partial charge in [0.1, 0.15) is 6.54 Å². The minimum Gasteiger partial charge on any atom is -0.335 e. The van der Waals surface area contributed by atoms with E-state index in [1.165, 1.54) is 11.9 Å². The lowest BCUT2D eigenvalue weighted by Crippen LogP contribution is -2.40. The highest BCUT2D eigenvalue weighted by Gasteiger charge is 2.18. The summed E-state index contributed by atoms with van der Waals surface area (Å²) in [5.74, 6) is -1.48. The van der Waals surface area contributed by atoms with Crippen molar-refractivity contribution in [1.29, 1.82) is 5.26 Å². The molecule has 0 unspecified atom stereocenters. The van der Waals surface area contributed by atoms with Crippen LogP contribution in [-0.4, -0.2) is 35.3 Å². The second-order valence-corrected chi connectivity index (χ2v) is 3.32. The zero-order valence-electron chi connectivity index (χ0n) is 9.38. The summed E-state index contributed by atoms with van der Waals surface area (Å²) in [6.45, 7) is 0.0711. The zero-order chi connectivity index (χ0) is 12.7. The van der Waals surface area contributed by atoms with Gasteiger partial charge in [-0.3, -0.25) is 14.6 Å². The summed E-state index contributed by atoms with van der Waals surface area (Å²) < 4.78 is 0. The first-order valence-electron chi connectivity index (χ1n) is 4.95. The summed E-state index contributed by atoms with van der Waals surface area (Å²) >= 11 is 0. The van der Waals surface area contributed by atoms with E-state index >= 15 is 0 Å². The van der Waals surface area contributed by atoms with Crippen LogP contribution in [0.4, 0.5) is 0 Å². The third-order valence-electron chi connectivity index (χ3n) is 1.99. The maximum Gasteiger partial charge on any atom is 0.312 e. The molecule has 0 atom stereocenters. The molecular weight excluding hydrogens is 220 g/mol. The van der Waals surface area contributed by atoms with Crippen LogP contribution in [0.5, 0.6) is 0 Å². The van der Waals surface area contributed by atoms with Gasteiger partial charge in [0.15, 0.2) is 0 Å². The molecule has 6 heteroatoms. The van der Waals surface area contributed by atoms with E-state index in [0.29, 0.717) is 5.69 Å². The fourth-order valence-electron chi connectivity index (χ4n) is 1.18. The fourth-order valence-corrected chi connectivity index (χ4v) is 1.18. The van der Waals surface area contributed by atoms with Crippen molar-refractivity contribution in [2.45, 2.75) is 6.54 Å².